The van der Waals surface area contributed by atoms with E-state index in [9.17, 15) is 4.79 Å². The van der Waals surface area contributed by atoms with Crippen LogP contribution in [0, 0.1) is 13.8 Å². The van der Waals surface area contributed by atoms with Gasteiger partial charge in [-0.15, -0.1) is 0 Å². The summed E-state index contributed by atoms with van der Waals surface area (Å²) in [5.41, 5.74) is 3.37. The number of carbonyl (C=O) groups is 1. The van der Waals surface area contributed by atoms with E-state index in [0.717, 1.165) is 35.6 Å². The van der Waals surface area contributed by atoms with Crippen LogP contribution in [-0.4, -0.2) is 43.4 Å². The van der Waals surface area contributed by atoms with Crippen molar-refractivity contribution in [2.75, 3.05) is 13.1 Å². The van der Waals surface area contributed by atoms with E-state index in [1.165, 1.54) is 0 Å². The van der Waals surface area contributed by atoms with Crippen LogP contribution in [0.2, 0.25) is 0 Å². The molecule has 0 saturated carbocycles. The predicted octanol–water partition coefficient (Wildman–Crippen LogP) is 3.48. The molecule has 1 saturated heterocycles. The number of likely N-dealkylation sites (tertiary alicyclic amines) is 1. The van der Waals surface area contributed by atoms with Gasteiger partial charge in [-0.1, -0.05) is 19.0 Å². The van der Waals surface area contributed by atoms with Crippen molar-refractivity contribution < 1.29 is 9.32 Å². The van der Waals surface area contributed by atoms with E-state index < -0.39 is 0 Å². The van der Waals surface area contributed by atoms with E-state index in [-0.39, 0.29) is 17.7 Å². The molecule has 0 bridgehead atoms. The Bertz CT molecular complexity index is 980. The second kappa shape index (κ2) is 6.79. The van der Waals surface area contributed by atoms with E-state index in [1.54, 1.807) is 0 Å². The molecule has 0 N–H and O–H groups in total. The second-order valence-electron chi connectivity index (χ2n) is 7.69. The molecule has 142 valence electrons. The van der Waals surface area contributed by atoms with E-state index in [2.05, 4.69) is 29.0 Å². The summed E-state index contributed by atoms with van der Waals surface area (Å²) in [7, 11) is 0. The molecule has 3 aromatic rings. The van der Waals surface area contributed by atoms with Crippen LogP contribution in [0.25, 0.3) is 5.65 Å². The number of amides is 1. The number of aromatic nitrogens is 4. The minimum absolute atomic E-state index is 0.0377. The molecule has 27 heavy (non-hydrogen) atoms. The molecule has 1 aliphatic rings. The topological polar surface area (TPSA) is 76.5 Å². The molecule has 3 aromatic heterocycles. The third kappa shape index (κ3) is 3.22. The summed E-state index contributed by atoms with van der Waals surface area (Å²) in [5.74, 6) is 1.97. The molecule has 1 fully saturated rings. The Hall–Kier alpha value is -2.70. The number of fused-ring (bicyclic) bond motifs is 1. The molecular weight excluding hydrogens is 342 g/mol. The van der Waals surface area contributed by atoms with Crippen LogP contribution in [0.15, 0.2) is 22.9 Å². The lowest BCUT2D eigenvalue weighted by Crippen LogP contribution is -2.38. The first-order valence-corrected chi connectivity index (χ1v) is 9.52. The minimum atomic E-state index is 0.0377. The third-order valence-electron chi connectivity index (χ3n) is 5.26. The average molecular weight is 367 g/mol. The number of rotatable bonds is 3. The fourth-order valence-electron chi connectivity index (χ4n) is 3.65. The average Bonchev–Trinajstić information content (AvgIpc) is 3.25. The van der Waals surface area contributed by atoms with Crippen molar-refractivity contribution >= 4 is 11.6 Å². The van der Waals surface area contributed by atoms with E-state index in [0.29, 0.717) is 24.7 Å². The van der Waals surface area contributed by atoms with Crippen LogP contribution in [0.3, 0.4) is 0 Å². The first-order chi connectivity index (χ1) is 12.9. The Balaban J connectivity index is 1.49. The van der Waals surface area contributed by atoms with Gasteiger partial charge in [-0.2, -0.15) is 4.98 Å². The summed E-state index contributed by atoms with van der Waals surface area (Å²) >= 11 is 0. The number of hydrogen-bond donors (Lipinski definition) is 0. The van der Waals surface area contributed by atoms with Crippen LogP contribution < -0.4 is 0 Å². The number of piperidine rings is 1. The molecule has 1 amide bonds. The van der Waals surface area contributed by atoms with Gasteiger partial charge in [0.15, 0.2) is 5.82 Å². The highest BCUT2D eigenvalue weighted by atomic mass is 16.5. The Kier molecular flexibility index (Phi) is 4.45. The van der Waals surface area contributed by atoms with Gasteiger partial charge in [0.05, 0.1) is 5.69 Å². The summed E-state index contributed by atoms with van der Waals surface area (Å²) in [5, 5.41) is 4.06. The maximum absolute atomic E-state index is 13.1. The number of carbonyl (C=O) groups excluding carboxylic acids is 1. The van der Waals surface area contributed by atoms with Gasteiger partial charge in [0.25, 0.3) is 5.91 Å². The lowest BCUT2D eigenvalue weighted by Gasteiger charge is -2.30. The Morgan fingerprint density at radius 3 is 2.63 bits per heavy atom. The summed E-state index contributed by atoms with van der Waals surface area (Å²) in [6.07, 6.45) is 3.59. The maximum atomic E-state index is 13.1. The number of pyridine rings is 1. The van der Waals surface area contributed by atoms with Gasteiger partial charge in [0, 0.05) is 31.1 Å². The molecule has 1 aliphatic heterocycles. The van der Waals surface area contributed by atoms with Crippen molar-refractivity contribution in [3.05, 3.63) is 47.0 Å². The standard InChI is InChI=1S/C20H25N5O2/c1-12(2)18-22-19(27-23-18)15-6-8-24(9-7-15)20(26)17-14(4)21-16-11-13(3)5-10-25(16)17/h5,10-12,15H,6-9H2,1-4H3. The van der Waals surface area contributed by atoms with E-state index >= 15 is 0 Å². The summed E-state index contributed by atoms with van der Waals surface area (Å²) in [6, 6.07) is 4.00. The predicted molar refractivity (Wildman–Crippen MR) is 101 cm³/mol. The van der Waals surface area contributed by atoms with Gasteiger partial charge in [0.2, 0.25) is 5.89 Å². The molecular formula is C20H25N5O2. The van der Waals surface area contributed by atoms with Crippen molar-refractivity contribution in [3.63, 3.8) is 0 Å². The monoisotopic (exact) mass is 367 g/mol. The second-order valence-corrected chi connectivity index (χ2v) is 7.69. The minimum Gasteiger partial charge on any atom is -0.339 e. The first-order valence-electron chi connectivity index (χ1n) is 9.52. The molecule has 0 unspecified atom stereocenters. The molecule has 0 spiro atoms. The van der Waals surface area contributed by atoms with Crippen LogP contribution in [0.4, 0.5) is 0 Å². The van der Waals surface area contributed by atoms with Crippen LogP contribution in [0.1, 0.15) is 72.0 Å². The van der Waals surface area contributed by atoms with Gasteiger partial charge in [0.1, 0.15) is 11.3 Å². The molecule has 0 aromatic carbocycles. The van der Waals surface area contributed by atoms with Gasteiger partial charge in [-0.05, 0) is 44.4 Å². The van der Waals surface area contributed by atoms with Gasteiger partial charge in [-0.25, -0.2) is 4.98 Å². The highest BCUT2D eigenvalue weighted by Crippen LogP contribution is 2.29. The fraction of sp³-hybridized carbons (Fsp3) is 0.500. The van der Waals surface area contributed by atoms with E-state index in [4.69, 9.17) is 4.52 Å². The fourth-order valence-corrected chi connectivity index (χ4v) is 3.65. The molecule has 4 heterocycles. The van der Waals surface area contributed by atoms with Crippen LogP contribution >= 0.6 is 0 Å². The largest absolute Gasteiger partial charge is 0.339 e. The molecule has 0 aliphatic carbocycles. The number of imidazole rings is 1. The van der Waals surface area contributed by atoms with Crippen molar-refractivity contribution in [2.24, 2.45) is 0 Å². The van der Waals surface area contributed by atoms with Gasteiger partial charge < -0.3 is 9.42 Å². The molecule has 7 nitrogen and oxygen atoms in total. The Morgan fingerprint density at radius 2 is 1.96 bits per heavy atom. The van der Waals surface area contributed by atoms with Crippen molar-refractivity contribution in [1.29, 1.82) is 0 Å². The first kappa shape index (κ1) is 17.7. The van der Waals surface area contributed by atoms with Crippen LogP contribution in [0.5, 0.6) is 0 Å². The zero-order valence-corrected chi connectivity index (χ0v) is 16.3. The third-order valence-corrected chi connectivity index (χ3v) is 5.26. The highest BCUT2D eigenvalue weighted by Gasteiger charge is 2.30. The zero-order valence-electron chi connectivity index (χ0n) is 16.3. The van der Waals surface area contributed by atoms with Crippen molar-refractivity contribution in [3.8, 4) is 0 Å². The zero-order chi connectivity index (χ0) is 19.1. The normalized spacial score (nSPS) is 15.8. The molecule has 7 heteroatoms. The summed E-state index contributed by atoms with van der Waals surface area (Å²) in [4.78, 5) is 24.1. The number of hydrogen-bond acceptors (Lipinski definition) is 5. The lowest BCUT2D eigenvalue weighted by atomic mass is 9.96. The summed E-state index contributed by atoms with van der Waals surface area (Å²) < 4.78 is 7.34. The Morgan fingerprint density at radius 1 is 1.22 bits per heavy atom. The Labute approximate surface area is 158 Å². The smallest absolute Gasteiger partial charge is 0.272 e. The number of aryl methyl sites for hydroxylation is 2. The number of nitrogens with zero attached hydrogens (tertiary/aromatic N) is 5. The molecule has 0 radical (unpaired) electrons. The lowest BCUT2D eigenvalue weighted by molar-refractivity contribution is 0.0696. The summed E-state index contributed by atoms with van der Waals surface area (Å²) in [6.45, 7) is 9.39. The van der Waals surface area contributed by atoms with Crippen molar-refractivity contribution in [2.45, 2.75) is 52.4 Å². The quantitative estimate of drug-likeness (QED) is 0.708. The highest BCUT2D eigenvalue weighted by molar-refractivity contribution is 5.94. The van der Waals surface area contributed by atoms with Crippen molar-refractivity contribution in [1.82, 2.24) is 24.4 Å². The maximum Gasteiger partial charge on any atom is 0.272 e. The van der Waals surface area contributed by atoms with Gasteiger partial charge in [-0.3, -0.25) is 9.20 Å². The van der Waals surface area contributed by atoms with E-state index in [1.807, 2.05) is 41.5 Å². The molecule has 4 rings (SSSR count). The van der Waals surface area contributed by atoms with Crippen LogP contribution in [-0.2, 0) is 0 Å². The molecule has 0 atom stereocenters. The van der Waals surface area contributed by atoms with Gasteiger partial charge >= 0.3 is 0 Å². The SMILES string of the molecule is Cc1ccn2c(C(=O)N3CCC(c4nc(C(C)C)no4)CC3)c(C)nc2c1.